The maximum absolute atomic E-state index is 9.42. The minimum absolute atomic E-state index is 0.00340. The fourth-order valence-electron chi connectivity index (χ4n) is 3.88. The zero-order valence-corrected chi connectivity index (χ0v) is 17.1. The second-order valence-electron chi connectivity index (χ2n) is 7.12. The van der Waals surface area contributed by atoms with Gasteiger partial charge in [0.2, 0.25) is 5.95 Å². The zero-order chi connectivity index (χ0) is 21.3. The molecule has 2 aliphatic rings. The van der Waals surface area contributed by atoms with Gasteiger partial charge in [-0.2, -0.15) is 15.2 Å². The van der Waals surface area contributed by atoms with Crippen molar-refractivity contribution in [2.45, 2.75) is 18.9 Å². The lowest BCUT2D eigenvalue weighted by Crippen LogP contribution is -2.47. The molecule has 9 nitrogen and oxygen atoms in total. The van der Waals surface area contributed by atoms with E-state index in [4.69, 9.17) is 28.1 Å². The van der Waals surface area contributed by atoms with Crippen molar-refractivity contribution in [2.75, 3.05) is 36.4 Å². The van der Waals surface area contributed by atoms with Crippen LogP contribution < -0.4 is 22.1 Å². The molecule has 0 bridgehead atoms. The number of nitrogens with zero attached hydrogens (tertiary/aromatic N) is 5. The van der Waals surface area contributed by atoms with Crippen LogP contribution >= 0.6 is 11.6 Å². The van der Waals surface area contributed by atoms with Crippen molar-refractivity contribution in [2.24, 2.45) is 4.99 Å². The average Bonchev–Trinajstić information content (AvgIpc) is 2.72. The largest absolute Gasteiger partial charge is 0.382 e. The van der Waals surface area contributed by atoms with Crippen molar-refractivity contribution < 1.29 is 0 Å². The first-order valence-electron chi connectivity index (χ1n) is 9.62. The summed E-state index contributed by atoms with van der Waals surface area (Å²) in [5.74, 6) is 1.07. The van der Waals surface area contributed by atoms with Crippen LogP contribution in [0.2, 0.25) is 5.02 Å². The molecule has 154 valence electrons. The third-order valence-electron chi connectivity index (χ3n) is 5.25. The van der Waals surface area contributed by atoms with Crippen molar-refractivity contribution in [3.8, 4) is 6.07 Å². The standard InChI is InChI=1S/C20H22ClN9/c1-11-17-14(21)3-2-4-15(17)27-16(30(11)12-5-7-25-8-6-12)10-26-19-13(9-22)18(23)28-20(24)29-19/h2-4,12,25H,1,5-8,10H2,(H5,23,24,26,28,29). The van der Waals surface area contributed by atoms with Crippen molar-refractivity contribution >= 4 is 46.4 Å². The van der Waals surface area contributed by atoms with Crippen LogP contribution in [0.5, 0.6) is 0 Å². The smallest absolute Gasteiger partial charge is 0.224 e. The first kappa shape index (κ1) is 19.9. The van der Waals surface area contributed by atoms with Crippen LogP contribution in [0.25, 0.3) is 5.70 Å². The summed E-state index contributed by atoms with van der Waals surface area (Å²) in [6.07, 6.45) is 1.91. The number of rotatable bonds is 4. The monoisotopic (exact) mass is 423 g/mol. The van der Waals surface area contributed by atoms with Crippen LogP contribution in [-0.4, -0.2) is 46.4 Å². The van der Waals surface area contributed by atoms with Gasteiger partial charge in [-0.3, -0.25) is 0 Å². The summed E-state index contributed by atoms with van der Waals surface area (Å²) in [5, 5.41) is 16.6. The minimum Gasteiger partial charge on any atom is -0.382 e. The van der Waals surface area contributed by atoms with Gasteiger partial charge >= 0.3 is 0 Å². The number of aliphatic imine (C=N–C) groups is 1. The summed E-state index contributed by atoms with van der Waals surface area (Å²) in [4.78, 5) is 15.0. The molecule has 0 radical (unpaired) electrons. The molecule has 0 amide bonds. The Hall–Kier alpha value is -3.35. The molecule has 30 heavy (non-hydrogen) atoms. The Morgan fingerprint density at radius 2 is 2.07 bits per heavy atom. The highest BCUT2D eigenvalue weighted by Gasteiger charge is 2.32. The van der Waals surface area contributed by atoms with Crippen LogP contribution in [0.3, 0.4) is 0 Å². The summed E-state index contributed by atoms with van der Waals surface area (Å²) in [6, 6.07) is 7.87. The summed E-state index contributed by atoms with van der Waals surface area (Å²) in [6.45, 7) is 6.48. The lowest BCUT2D eigenvalue weighted by molar-refractivity contribution is 0.320. The molecule has 1 aromatic heterocycles. The first-order valence-corrected chi connectivity index (χ1v) is 9.99. The van der Waals surface area contributed by atoms with Gasteiger partial charge in [-0.1, -0.05) is 24.2 Å². The second kappa shape index (κ2) is 8.18. The molecule has 0 aliphatic carbocycles. The highest BCUT2D eigenvalue weighted by Crippen LogP contribution is 2.40. The summed E-state index contributed by atoms with van der Waals surface area (Å²) >= 11 is 6.47. The Morgan fingerprint density at radius 1 is 1.30 bits per heavy atom. The van der Waals surface area contributed by atoms with Gasteiger partial charge in [-0.05, 0) is 38.1 Å². The molecule has 1 saturated heterocycles. The highest BCUT2D eigenvalue weighted by molar-refractivity contribution is 6.33. The number of nitrogens with one attached hydrogen (secondary N) is 2. The van der Waals surface area contributed by atoms with E-state index in [9.17, 15) is 5.26 Å². The summed E-state index contributed by atoms with van der Waals surface area (Å²) in [5.41, 5.74) is 14.1. The van der Waals surface area contributed by atoms with E-state index in [2.05, 4.69) is 32.1 Å². The van der Waals surface area contributed by atoms with Gasteiger partial charge in [0.15, 0.2) is 5.82 Å². The van der Waals surface area contributed by atoms with E-state index in [0.717, 1.165) is 48.7 Å². The SMILES string of the molecule is C=C1c2c(Cl)cccc2N=C(CNc2nc(N)nc(N)c2C#N)N1C1CCNCC1. The van der Waals surface area contributed by atoms with Gasteiger partial charge in [0.05, 0.1) is 17.3 Å². The van der Waals surface area contributed by atoms with Crippen LogP contribution in [0, 0.1) is 11.3 Å². The Balaban J connectivity index is 1.70. The maximum Gasteiger partial charge on any atom is 0.224 e. The normalized spacial score (nSPS) is 16.6. The molecule has 2 aromatic rings. The number of anilines is 3. The van der Waals surface area contributed by atoms with Gasteiger partial charge in [-0.25, -0.2) is 4.99 Å². The maximum atomic E-state index is 9.42. The molecule has 0 unspecified atom stereocenters. The molecule has 6 N–H and O–H groups in total. The minimum atomic E-state index is -0.00340. The van der Waals surface area contributed by atoms with Gasteiger partial charge in [0.25, 0.3) is 0 Å². The van der Waals surface area contributed by atoms with E-state index in [-0.39, 0.29) is 29.2 Å². The second-order valence-corrected chi connectivity index (χ2v) is 7.52. The lowest BCUT2D eigenvalue weighted by atomic mass is 9.99. The number of hydrogen-bond acceptors (Lipinski definition) is 9. The number of nitrogen functional groups attached to an aromatic ring is 2. The molecule has 10 heteroatoms. The predicted octanol–water partition coefficient (Wildman–Crippen LogP) is 2.35. The number of fused-ring (bicyclic) bond motifs is 1. The van der Waals surface area contributed by atoms with E-state index in [1.165, 1.54) is 0 Å². The number of hydrogen-bond donors (Lipinski definition) is 4. The van der Waals surface area contributed by atoms with E-state index in [1.807, 2.05) is 24.3 Å². The Morgan fingerprint density at radius 3 is 2.80 bits per heavy atom. The van der Waals surface area contributed by atoms with E-state index < -0.39 is 0 Å². The summed E-state index contributed by atoms with van der Waals surface area (Å²) in [7, 11) is 0. The van der Waals surface area contributed by atoms with Crippen molar-refractivity contribution in [3.05, 3.63) is 40.9 Å². The Kier molecular flexibility index (Phi) is 5.44. The van der Waals surface area contributed by atoms with E-state index in [0.29, 0.717) is 11.6 Å². The lowest BCUT2D eigenvalue weighted by Gasteiger charge is -2.40. The fraction of sp³-hybridized carbons (Fsp3) is 0.300. The number of amidine groups is 1. The third kappa shape index (κ3) is 3.63. The van der Waals surface area contributed by atoms with Gasteiger partial charge in [-0.15, -0.1) is 0 Å². The molecule has 0 saturated carbocycles. The van der Waals surface area contributed by atoms with Crippen LogP contribution in [-0.2, 0) is 0 Å². The first-order chi connectivity index (χ1) is 14.5. The molecular weight excluding hydrogens is 402 g/mol. The van der Waals surface area contributed by atoms with Crippen molar-refractivity contribution in [1.82, 2.24) is 20.2 Å². The average molecular weight is 424 g/mol. The number of benzene rings is 1. The topological polar surface area (TPSA) is 141 Å². The quantitative estimate of drug-likeness (QED) is 0.587. The van der Waals surface area contributed by atoms with Gasteiger partial charge in [0.1, 0.15) is 23.3 Å². The van der Waals surface area contributed by atoms with Crippen LogP contribution in [0.4, 0.5) is 23.3 Å². The van der Waals surface area contributed by atoms with Crippen molar-refractivity contribution in [1.29, 1.82) is 5.26 Å². The van der Waals surface area contributed by atoms with Gasteiger partial charge < -0.3 is 27.0 Å². The Bertz CT molecular complexity index is 1070. The molecule has 2 aliphatic heterocycles. The van der Waals surface area contributed by atoms with E-state index in [1.54, 1.807) is 0 Å². The van der Waals surface area contributed by atoms with Crippen molar-refractivity contribution in [3.63, 3.8) is 0 Å². The predicted molar refractivity (Wildman–Crippen MR) is 119 cm³/mol. The molecular formula is C20H22ClN9. The molecule has 4 rings (SSSR count). The molecule has 1 aromatic carbocycles. The number of piperidine rings is 1. The fourth-order valence-corrected chi connectivity index (χ4v) is 4.16. The van der Waals surface area contributed by atoms with E-state index >= 15 is 0 Å². The van der Waals surface area contributed by atoms with Gasteiger partial charge in [0, 0.05) is 17.3 Å². The van der Waals surface area contributed by atoms with Crippen LogP contribution in [0.15, 0.2) is 29.8 Å². The molecule has 0 spiro atoms. The number of nitrogens with two attached hydrogens (primary N) is 2. The zero-order valence-electron chi connectivity index (χ0n) is 16.3. The molecule has 3 heterocycles. The third-order valence-corrected chi connectivity index (χ3v) is 5.57. The highest BCUT2D eigenvalue weighted by atomic mass is 35.5. The number of aromatic nitrogens is 2. The van der Waals surface area contributed by atoms with Crippen LogP contribution in [0.1, 0.15) is 24.0 Å². The molecule has 0 atom stereocenters. The number of nitriles is 1. The Labute approximate surface area is 179 Å². The summed E-state index contributed by atoms with van der Waals surface area (Å²) < 4.78 is 0. The number of halogens is 1. The molecule has 1 fully saturated rings.